The topological polar surface area (TPSA) is 116 Å². The van der Waals surface area contributed by atoms with Crippen LogP contribution in [0.15, 0.2) is 54.6 Å². The van der Waals surface area contributed by atoms with Gasteiger partial charge in [-0.05, 0) is 37.1 Å². The van der Waals surface area contributed by atoms with E-state index in [1.54, 1.807) is 6.07 Å². The first-order valence-electron chi connectivity index (χ1n) is 9.56. The molecule has 1 atom stereocenters. The molecule has 0 aliphatic carbocycles. The third-order valence-electron chi connectivity index (χ3n) is 5.17. The Kier molecular flexibility index (Phi) is 6.79. The summed E-state index contributed by atoms with van der Waals surface area (Å²) in [5.74, 6) is -1.31. The summed E-state index contributed by atoms with van der Waals surface area (Å²) < 4.78 is 70.9. The summed E-state index contributed by atoms with van der Waals surface area (Å²) in [4.78, 5) is 9.15. The van der Waals surface area contributed by atoms with Crippen molar-refractivity contribution in [3.63, 3.8) is 0 Å². The number of carbonyl (C=O) groups excluding carboxylic acids is 1. The standard InChI is InChI=1S/C20H21F3N2O6S/c21-20(22,23)15-6-8-16(9-7-15)31-17-10-12-25(13-11-17)32(29,30)19(27,18(26)24-28)14-4-2-1-3-5-14/h1-9,17,27-28H,10-13H2,(H,24,26). The molecule has 3 N–H and O–H groups in total. The number of rotatable bonds is 6. The second kappa shape index (κ2) is 9.06. The molecule has 0 radical (unpaired) electrons. The quantitative estimate of drug-likeness (QED) is 0.437. The predicted octanol–water partition coefficient (Wildman–Crippen LogP) is 2.23. The molecule has 2 aromatic rings. The molecule has 32 heavy (non-hydrogen) atoms. The molecule has 0 aromatic heterocycles. The first-order valence-corrected chi connectivity index (χ1v) is 11.0. The Labute approximate surface area is 182 Å². The minimum absolute atomic E-state index is 0.110. The average Bonchev–Trinajstić information content (AvgIpc) is 2.78. The Balaban J connectivity index is 1.72. The Morgan fingerprint density at radius 3 is 2.06 bits per heavy atom. The number of piperidine rings is 1. The van der Waals surface area contributed by atoms with Crippen molar-refractivity contribution in [3.8, 4) is 5.75 Å². The monoisotopic (exact) mass is 474 g/mol. The van der Waals surface area contributed by atoms with Crippen LogP contribution in [0.2, 0.25) is 0 Å². The molecule has 8 nitrogen and oxygen atoms in total. The maximum atomic E-state index is 13.2. The highest BCUT2D eigenvalue weighted by Gasteiger charge is 2.54. The van der Waals surface area contributed by atoms with Crippen LogP contribution in [0.5, 0.6) is 5.75 Å². The lowest BCUT2D eigenvalue weighted by Gasteiger charge is -2.36. The van der Waals surface area contributed by atoms with Crippen molar-refractivity contribution in [2.45, 2.75) is 30.1 Å². The number of amides is 1. The Morgan fingerprint density at radius 2 is 1.56 bits per heavy atom. The summed E-state index contributed by atoms with van der Waals surface area (Å²) >= 11 is 0. The minimum atomic E-state index is -4.67. The zero-order valence-electron chi connectivity index (χ0n) is 16.6. The van der Waals surface area contributed by atoms with Crippen LogP contribution in [0, 0.1) is 0 Å². The van der Waals surface area contributed by atoms with E-state index in [-0.39, 0.29) is 37.2 Å². The van der Waals surface area contributed by atoms with Gasteiger partial charge in [0.1, 0.15) is 11.9 Å². The number of nitrogens with zero attached hydrogens (tertiary/aromatic N) is 1. The number of sulfonamides is 1. The van der Waals surface area contributed by atoms with Crippen LogP contribution in [-0.2, 0) is 25.9 Å². The van der Waals surface area contributed by atoms with Crippen LogP contribution >= 0.6 is 0 Å². The maximum absolute atomic E-state index is 13.2. The second-order valence-corrected chi connectivity index (χ2v) is 9.25. The van der Waals surface area contributed by atoms with Gasteiger partial charge in [-0.3, -0.25) is 10.0 Å². The van der Waals surface area contributed by atoms with E-state index in [0.717, 1.165) is 16.4 Å². The number of carbonyl (C=O) groups is 1. The van der Waals surface area contributed by atoms with Crippen molar-refractivity contribution in [2.75, 3.05) is 13.1 Å². The largest absolute Gasteiger partial charge is 0.490 e. The lowest BCUT2D eigenvalue weighted by Crippen LogP contribution is -2.56. The van der Waals surface area contributed by atoms with E-state index >= 15 is 0 Å². The summed E-state index contributed by atoms with van der Waals surface area (Å²) in [6.45, 7) is -0.219. The van der Waals surface area contributed by atoms with Crippen molar-refractivity contribution in [1.29, 1.82) is 0 Å². The fraction of sp³-hybridized carbons (Fsp3) is 0.350. The Morgan fingerprint density at radius 1 is 1.00 bits per heavy atom. The Bertz CT molecular complexity index is 1040. The van der Waals surface area contributed by atoms with E-state index in [1.165, 1.54) is 41.9 Å². The predicted molar refractivity (Wildman–Crippen MR) is 106 cm³/mol. The van der Waals surface area contributed by atoms with Gasteiger partial charge in [-0.25, -0.2) is 13.9 Å². The van der Waals surface area contributed by atoms with E-state index in [0.29, 0.717) is 0 Å². The molecular weight excluding hydrogens is 453 g/mol. The molecule has 2 aromatic carbocycles. The second-order valence-electron chi connectivity index (χ2n) is 7.19. The molecule has 12 heteroatoms. The summed E-state index contributed by atoms with van der Waals surface area (Å²) in [7, 11) is -4.67. The number of benzene rings is 2. The maximum Gasteiger partial charge on any atom is 0.416 e. The molecule has 1 heterocycles. The van der Waals surface area contributed by atoms with Crippen molar-refractivity contribution < 1.29 is 41.4 Å². The van der Waals surface area contributed by atoms with Crippen LogP contribution in [0.3, 0.4) is 0 Å². The number of nitrogens with one attached hydrogen (secondary N) is 1. The average molecular weight is 474 g/mol. The molecule has 0 saturated carbocycles. The number of alkyl halides is 3. The minimum Gasteiger partial charge on any atom is -0.490 e. The van der Waals surface area contributed by atoms with Crippen LogP contribution in [0.1, 0.15) is 24.0 Å². The van der Waals surface area contributed by atoms with Crippen LogP contribution in [-0.4, -0.2) is 48.1 Å². The van der Waals surface area contributed by atoms with Gasteiger partial charge in [0, 0.05) is 18.7 Å². The van der Waals surface area contributed by atoms with Crippen LogP contribution < -0.4 is 10.2 Å². The van der Waals surface area contributed by atoms with Gasteiger partial charge in [-0.15, -0.1) is 0 Å². The van der Waals surface area contributed by atoms with Gasteiger partial charge in [0.15, 0.2) is 0 Å². The molecular formula is C20H21F3N2O6S. The first-order chi connectivity index (χ1) is 15.0. The summed E-state index contributed by atoms with van der Waals surface area (Å²) in [6.07, 6.45) is -4.60. The lowest BCUT2D eigenvalue weighted by molar-refractivity contribution is -0.142. The Hall–Kier alpha value is -2.67. The highest BCUT2D eigenvalue weighted by atomic mass is 32.2. The molecule has 1 aliphatic heterocycles. The van der Waals surface area contributed by atoms with E-state index in [4.69, 9.17) is 9.94 Å². The summed E-state index contributed by atoms with van der Waals surface area (Å²) in [5.41, 5.74) is 0.153. The molecule has 1 aliphatic rings. The molecule has 1 fully saturated rings. The zero-order valence-corrected chi connectivity index (χ0v) is 17.4. The van der Waals surface area contributed by atoms with Gasteiger partial charge >= 0.3 is 6.18 Å². The van der Waals surface area contributed by atoms with Crippen LogP contribution in [0.4, 0.5) is 13.2 Å². The number of hydrogen-bond donors (Lipinski definition) is 3. The van der Waals surface area contributed by atoms with Crippen molar-refractivity contribution in [1.82, 2.24) is 9.79 Å². The first kappa shape index (κ1) is 24.0. The third kappa shape index (κ3) is 4.58. The summed E-state index contributed by atoms with van der Waals surface area (Å²) in [5, 5.41) is 19.9. The SMILES string of the molecule is O=C(NO)C(O)(c1ccccc1)S(=O)(=O)N1CCC(Oc2ccc(C(F)(F)F)cc2)CC1. The van der Waals surface area contributed by atoms with E-state index in [1.807, 2.05) is 0 Å². The molecule has 3 rings (SSSR count). The van der Waals surface area contributed by atoms with E-state index in [2.05, 4.69) is 0 Å². The molecule has 1 saturated heterocycles. The molecule has 1 unspecified atom stereocenters. The molecule has 0 bridgehead atoms. The van der Waals surface area contributed by atoms with Crippen LogP contribution in [0.25, 0.3) is 0 Å². The highest BCUT2D eigenvalue weighted by molar-refractivity contribution is 7.90. The van der Waals surface area contributed by atoms with Gasteiger partial charge in [0.25, 0.3) is 20.9 Å². The van der Waals surface area contributed by atoms with Gasteiger partial charge in [0.2, 0.25) is 0 Å². The number of hydroxylamine groups is 1. The van der Waals surface area contributed by atoms with E-state index < -0.39 is 38.7 Å². The lowest BCUT2D eigenvalue weighted by atomic mass is 10.1. The number of halogens is 3. The number of aliphatic hydroxyl groups is 1. The van der Waals surface area contributed by atoms with Gasteiger partial charge in [0.05, 0.1) is 5.56 Å². The van der Waals surface area contributed by atoms with Crippen molar-refractivity contribution in [3.05, 3.63) is 65.7 Å². The molecule has 174 valence electrons. The number of ether oxygens (including phenoxy) is 1. The third-order valence-corrected chi connectivity index (χ3v) is 7.39. The molecule has 1 amide bonds. The normalized spacial score (nSPS) is 18.0. The highest BCUT2D eigenvalue weighted by Crippen LogP contribution is 2.34. The van der Waals surface area contributed by atoms with Gasteiger partial charge in [-0.2, -0.15) is 17.5 Å². The van der Waals surface area contributed by atoms with E-state index in [9.17, 15) is 31.5 Å². The number of hydrogen-bond acceptors (Lipinski definition) is 6. The fourth-order valence-corrected chi connectivity index (χ4v) is 5.21. The van der Waals surface area contributed by atoms with Crippen molar-refractivity contribution >= 4 is 15.9 Å². The molecule has 0 spiro atoms. The van der Waals surface area contributed by atoms with Gasteiger partial charge in [-0.1, -0.05) is 30.3 Å². The fourth-order valence-electron chi connectivity index (χ4n) is 3.43. The van der Waals surface area contributed by atoms with Crippen molar-refractivity contribution in [2.24, 2.45) is 0 Å². The van der Waals surface area contributed by atoms with Gasteiger partial charge < -0.3 is 9.84 Å². The zero-order chi connectivity index (χ0) is 23.6. The summed E-state index contributed by atoms with van der Waals surface area (Å²) in [6, 6.07) is 11.1. The smallest absolute Gasteiger partial charge is 0.416 e.